The standard InChI is InChI=1S/C13H17N7/c1-2-15-13-17-11-10(8-16-19-11)12(18-13)20(7-3-6-14)9-4-5-9/h8-9H,2-5,7H2,1H3,(H2,15,16,17,18,19). The van der Waals surface area contributed by atoms with Crippen LogP contribution >= 0.6 is 0 Å². The first-order chi connectivity index (χ1) is 9.83. The van der Waals surface area contributed by atoms with Gasteiger partial charge in [-0.1, -0.05) is 0 Å². The lowest BCUT2D eigenvalue weighted by molar-refractivity contribution is 0.781. The highest BCUT2D eigenvalue weighted by molar-refractivity contribution is 5.87. The van der Waals surface area contributed by atoms with Crippen molar-refractivity contribution in [2.75, 3.05) is 23.3 Å². The number of aromatic amines is 1. The highest BCUT2D eigenvalue weighted by Gasteiger charge is 2.31. The van der Waals surface area contributed by atoms with Crippen LogP contribution in [0.5, 0.6) is 0 Å². The third kappa shape index (κ3) is 2.37. The average molecular weight is 271 g/mol. The number of aromatic nitrogens is 4. The second-order valence-corrected chi connectivity index (χ2v) is 4.87. The Morgan fingerprint density at radius 3 is 3.05 bits per heavy atom. The van der Waals surface area contributed by atoms with Gasteiger partial charge < -0.3 is 10.2 Å². The van der Waals surface area contributed by atoms with E-state index >= 15 is 0 Å². The Labute approximate surface area is 117 Å². The van der Waals surface area contributed by atoms with Crippen molar-refractivity contribution in [3.05, 3.63) is 6.20 Å². The van der Waals surface area contributed by atoms with Crippen LogP contribution in [0.25, 0.3) is 11.0 Å². The molecule has 0 aromatic carbocycles. The minimum absolute atomic E-state index is 0.492. The Morgan fingerprint density at radius 1 is 1.50 bits per heavy atom. The summed E-state index contributed by atoms with van der Waals surface area (Å²) in [5.41, 5.74) is 0.730. The second kappa shape index (κ2) is 5.33. The minimum Gasteiger partial charge on any atom is -0.354 e. The quantitative estimate of drug-likeness (QED) is 0.830. The highest BCUT2D eigenvalue weighted by Crippen LogP contribution is 2.34. The largest absolute Gasteiger partial charge is 0.354 e. The summed E-state index contributed by atoms with van der Waals surface area (Å²) in [6.07, 6.45) is 4.56. The molecule has 0 atom stereocenters. The summed E-state index contributed by atoms with van der Waals surface area (Å²) < 4.78 is 0. The summed E-state index contributed by atoms with van der Waals surface area (Å²) in [6, 6.07) is 2.70. The molecule has 0 aliphatic heterocycles. The predicted molar refractivity (Wildman–Crippen MR) is 76.4 cm³/mol. The van der Waals surface area contributed by atoms with E-state index < -0.39 is 0 Å². The summed E-state index contributed by atoms with van der Waals surface area (Å²) in [7, 11) is 0. The molecule has 0 radical (unpaired) electrons. The molecule has 2 heterocycles. The average Bonchev–Trinajstić information content (AvgIpc) is 3.17. The van der Waals surface area contributed by atoms with Crippen molar-refractivity contribution in [2.45, 2.75) is 32.2 Å². The molecule has 1 aliphatic carbocycles. The first-order valence-corrected chi connectivity index (χ1v) is 6.92. The lowest BCUT2D eigenvalue weighted by atomic mass is 10.3. The molecular formula is C13H17N7. The van der Waals surface area contributed by atoms with Crippen LogP contribution < -0.4 is 10.2 Å². The van der Waals surface area contributed by atoms with Crippen molar-refractivity contribution in [2.24, 2.45) is 0 Å². The van der Waals surface area contributed by atoms with Crippen LogP contribution in [-0.4, -0.2) is 39.3 Å². The molecule has 0 bridgehead atoms. The SMILES string of the molecule is CCNc1nc(N(CCC#N)C2CC2)c2cn[nH]c2n1. The van der Waals surface area contributed by atoms with E-state index in [1.165, 1.54) is 0 Å². The van der Waals surface area contributed by atoms with Gasteiger partial charge in [0.05, 0.1) is 24.1 Å². The second-order valence-electron chi connectivity index (χ2n) is 4.87. The van der Waals surface area contributed by atoms with Gasteiger partial charge in [-0.25, -0.2) is 0 Å². The molecule has 7 nitrogen and oxygen atoms in total. The van der Waals surface area contributed by atoms with E-state index in [0.717, 1.165) is 36.2 Å². The van der Waals surface area contributed by atoms with Gasteiger partial charge in [0.25, 0.3) is 0 Å². The molecule has 2 N–H and O–H groups in total. The molecule has 0 spiro atoms. The Hall–Kier alpha value is -2.36. The van der Waals surface area contributed by atoms with Gasteiger partial charge in [-0.2, -0.15) is 20.3 Å². The molecule has 2 aromatic rings. The van der Waals surface area contributed by atoms with Crippen LogP contribution in [-0.2, 0) is 0 Å². The first-order valence-electron chi connectivity index (χ1n) is 6.92. The molecule has 0 amide bonds. The number of nitriles is 1. The summed E-state index contributed by atoms with van der Waals surface area (Å²) in [5.74, 6) is 1.47. The Kier molecular flexibility index (Phi) is 3.37. The van der Waals surface area contributed by atoms with Gasteiger partial charge in [0.15, 0.2) is 5.65 Å². The number of anilines is 2. The van der Waals surface area contributed by atoms with E-state index in [4.69, 9.17) is 5.26 Å². The Bertz CT molecular complexity index is 638. The fraction of sp³-hybridized carbons (Fsp3) is 0.538. The van der Waals surface area contributed by atoms with Crippen molar-refractivity contribution in [3.63, 3.8) is 0 Å². The van der Waals surface area contributed by atoms with Gasteiger partial charge in [0, 0.05) is 19.1 Å². The normalized spacial score (nSPS) is 14.2. The fourth-order valence-electron chi connectivity index (χ4n) is 2.29. The zero-order valence-electron chi connectivity index (χ0n) is 11.4. The van der Waals surface area contributed by atoms with Crippen LogP contribution in [0.1, 0.15) is 26.2 Å². The minimum atomic E-state index is 0.492. The van der Waals surface area contributed by atoms with E-state index in [1.54, 1.807) is 6.20 Å². The third-order valence-electron chi connectivity index (χ3n) is 3.35. The summed E-state index contributed by atoms with van der Waals surface area (Å²) in [6.45, 7) is 3.47. The van der Waals surface area contributed by atoms with Crippen LogP contribution in [0.3, 0.4) is 0 Å². The van der Waals surface area contributed by atoms with Crippen molar-refractivity contribution < 1.29 is 0 Å². The van der Waals surface area contributed by atoms with Crippen LogP contribution in [0.2, 0.25) is 0 Å². The van der Waals surface area contributed by atoms with Gasteiger partial charge in [0.1, 0.15) is 5.82 Å². The number of hydrogen-bond donors (Lipinski definition) is 2. The van der Waals surface area contributed by atoms with E-state index in [0.29, 0.717) is 25.0 Å². The van der Waals surface area contributed by atoms with Crippen LogP contribution in [0.4, 0.5) is 11.8 Å². The number of fused-ring (bicyclic) bond motifs is 1. The van der Waals surface area contributed by atoms with Crippen molar-refractivity contribution >= 4 is 22.8 Å². The summed E-state index contributed by atoms with van der Waals surface area (Å²) in [4.78, 5) is 11.2. The Morgan fingerprint density at radius 2 is 2.35 bits per heavy atom. The maximum absolute atomic E-state index is 8.84. The molecule has 3 rings (SSSR count). The van der Waals surface area contributed by atoms with Crippen molar-refractivity contribution in [1.82, 2.24) is 20.2 Å². The van der Waals surface area contributed by atoms with Gasteiger partial charge in [-0.05, 0) is 19.8 Å². The highest BCUT2D eigenvalue weighted by atomic mass is 15.3. The predicted octanol–water partition coefficient (Wildman–Crippen LogP) is 1.67. The van der Waals surface area contributed by atoms with E-state index in [2.05, 4.69) is 36.5 Å². The monoisotopic (exact) mass is 271 g/mol. The molecule has 1 saturated carbocycles. The molecular weight excluding hydrogens is 254 g/mol. The van der Waals surface area contributed by atoms with Crippen LogP contribution in [0, 0.1) is 11.3 Å². The first kappa shape index (κ1) is 12.7. The van der Waals surface area contributed by atoms with Gasteiger partial charge in [0.2, 0.25) is 5.95 Å². The van der Waals surface area contributed by atoms with Crippen LogP contribution in [0.15, 0.2) is 6.20 Å². The third-order valence-corrected chi connectivity index (χ3v) is 3.35. The fourth-order valence-corrected chi connectivity index (χ4v) is 2.29. The molecule has 2 aromatic heterocycles. The van der Waals surface area contributed by atoms with Crippen molar-refractivity contribution in [1.29, 1.82) is 5.26 Å². The zero-order valence-corrected chi connectivity index (χ0v) is 11.4. The zero-order chi connectivity index (χ0) is 13.9. The van der Waals surface area contributed by atoms with Gasteiger partial charge in [-0.3, -0.25) is 5.10 Å². The molecule has 104 valence electrons. The number of rotatable bonds is 6. The molecule has 0 unspecified atom stereocenters. The number of nitrogens with zero attached hydrogens (tertiary/aromatic N) is 5. The lowest BCUT2D eigenvalue weighted by Gasteiger charge is -2.23. The smallest absolute Gasteiger partial charge is 0.226 e. The lowest BCUT2D eigenvalue weighted by Crippen LogP contribution is -2.28. The number of hydrogen-bond acceptors (Lipinski definition) is 6. The topological polar surface area (TPSA) is 93.5 Å². The molecule has 7 heteroatoms. The van der Waals surface area contributed by atoms with Crippen molar-refractivity contribution in [3.8, 4) is 6.07 Å². The van der Waals surface area contributed by atoms with Gasteiger partial charge >= 0.3 is 0 Å². The molecule has 20 heavy (non-hydrogen) atoms. The van der Waals surface area contributed by atoms with E-state index in [9.17, 15) is 0 Å². The summed E-state index contributed by atoms with van der Waals surface area (Å²) in [5, 5.41) is 19.8. The maximum Gasteiger partial charge on any atom is 0.226 e. The van der Waals surface area contributed by atoms with E-state index in [-0.39, 0.29) is 0 Å². The molecule has 1 aliphatic rings. The molecule has 1 fully saturated rings. The summed E-state index contributed by atoms with van der Waals surface area (Å²) >= 11 is 0. The Balaban J connectivity index is 2.02. The molecule has 0 saturated heterocycles. The number of H-pyrrole nitrogens is 1. The van der Waals surface area contributed by atoms with Gasteiger partial charge in [-0.15, -0.1) is 0 Å². The maximum atomic E-state index is 8.84. The number of nitrogens with one attached hydrogen (secondary N) is 2. The van der Waals surface area contributed by atoms with E-state index in [1.807, 2.05) is 6.92 Å².